The molecule has 1 aliphatic heterocycles. The second-order valence-electron chi connectivity index (χ2n) is 9.32. The van der Waals surface area contributed by atoms with Crippen molar-refractivity contribution in [2.45, 2.75) is 57.4 Å². The van der Waals surface area contributed by atoms with Crippen LogP contribution in [-0.2, 0) is 12.0 Å². The summed E-state index contributed by atoms with van der Waals surface area (Å²) < 4.78 is 5.73. The van der Waals surface area contributed by atoms with Crippen molar-refractivity contribution in [2.24, 2.45) is 5.92 Å². The molecule has 0 bridgehead atoms. The van der Waals surface area contributed by atoms with Crippen molar-refractivity contribution < 1.29 is 9.32 Å². The lowest BCUT2D eigenvalue weighted by Crippen LogP contribution is -2.38. The van der Waals surface area contributed by atoms with E-state index in [1.165, 1.54) is 24.0 Å². The number of likely N-dealkylation sites (tertiary alicyclic amines) is 1. The Hall–Kier alpha value is -2.86. The number of hydrogen-bond donors (Lipinski definition) is 0. The summed E-state index contributed by atoms with van der Waals surface area (Å²) in [5.74, 6) is 1.55. The van der Waals surface area contributed by atoms with Gasteiger partial charge >= 0.3 is 0 Å². The molecule has 1 saturated carbocycles. The zero-order chi connectivity index (χ0) is 22.0. The first kappa shape index (κ1) is 21.0. The minimum absolute atomic E-state index is 0.0326. The minimum Gasteiger partial charge on any atom is -0.338 e. The van der Waals surface area contributed by atoms with E-state index in [0.29, 0.717) is 24.7 Å². The molecular weight excluding hydrogens is 400 g/mol. The van der Waals surface area contributed by atoms with Crippen molar-refractivity contribution >= 4 is 5.78 Å². The topological polar surface area (TPSA) is 72.1 Å². The van der Waals surface area contributed by atoms with Crippen LogP contribution in [0.25, 0.3) is 0 Å². The summed E-state index contributed by atoms with van der Waals surface area (Å²) in [4.78, 5) is 24.2. The molecule has 5 rings (SSSR count). The van der Waals surface area contributed by atoms with Gasteiger partial charge in [0.25, 0.3) is 0 Å². The highest BCUT2D eigenvalue weighted by Gasteiger charge is 2.41. The number of aryl methyl sites for hydroxylation is 1. The lowest BCUT2D eigenvalue weighted by molar-refractivity contribution is 0.0792. The molecule has 3 heterocycles. The third-order valence-corrected chi connectivity index (χ3v) is 7.11. The Kier molecular flexibility index (Phi) is 5.87. The maximum Gasteiger partial charge on any atom is 0.240 e. The van der Waals surface area contributed by atoms with Crippen LogP contribution in [0, 0.1) is 12.8 Å². The lowest BCUT2D eigenvalue weighted by atomic mass is 9.78. The molecule has 166 valence electrons. The van der Waals surface area contributed by atoms with Gasteiger partial charge in [0, 0.05) is 18.7 Å². The quantitative estimate of drug-likeness (QED) is 0.527. The first-order valence-corrected chi connectivity index (χ1v) is 11.7. The largest absolute Gasteiger partial charge is 0.338 e. The Bertz CT molecular complexity index is 1050. The molecule has 1 aliphatic carbocycles. The number of ketones is 1. The predicted octanol–water partition coefficient (Wildman–Crippen LogP) is 4.73. The fourth-order valence-corrected chi connectivity index (χ4v) is 5.33. The van der Waals surface area contributed by atoms with Crippen LogP contribution in [0.4, 0.5) is 0 Å². The van der Waals surface area contributed by atoms with Crippen molar-refractivity contribution in [3.63, 3.8) is 0 Å². The van der Waals surface area contributed by atoms with Gasteiger partial charge in [0.05, 0.1) is 12.0 Å². The maximum absolute atomic E-state index is 12.9. The Morgan fingerprint density at radius 2 is 1.94 bits per heavy atom. The van der Waals surface area contributed by atoms with Crippen LogP contribution < -0.4 is 0 Å². The molecule has 0 amide bonds. The van der Waals surface area contributed by atoms with Crippen LogP contribution in [0.1, 0.15) is 71.9 Å². The number of aromatic nitrogens is 3. The highest BCUT2D eigenvalue weighted by Crippen LogP contribution is 2.45. The molecule has 0 radical (unpaired) electrons. The number of carbonyl (C=O) groups is 1. The van der Waals surface area contributed by atoms with E-state index in [-0.39, 0.29) is 17.1 Å². The second kappa shape index (κ2) is 8.94. The molecule has 6 heteroatoms. The first-order valence-electron chi connectivity index (χ1n) is 11.7. The van der Waals surface area contributed by atoms with E-state index in [0.717, 1.165) is 38.1 Å². The van der Waals surface area contributed by atoms with Crippen LogP contribution >= 0.6 is 0 Å². The molecule has 1 saturated heterocycles. The molecule has 1 atom stereocenters. The van der Waals surface area contributed by atoms with Crippen LogP contribution in [0.3, 0.4) is 0 Å². The smallest absolute Gasteiger partial charge is 0.240 e. The van der Waals surface area contributed by atoms with Crippen LogP contribution in [-0.4, -0.2) is 38.9 Å². The van der Waals surface area contributed by atoms with Gasteiger partial charge in [-0.1, -0.05) is 53.9 Å². The summed E-state index contributed by atoms with van der Waals surface area (Å²) in [5.41, 5.74) is 2.96. The SMILES string of the molecule is Cc1ccc(C2(c3noc(CN4CCCC(C(=O)c5ccccn5)C4)n3)CCCC2)cc1. The molecule has 2 fully saturated rings. The molecular formula is C26H30N4O2. The Morgan fingerprint density at radius 3 is 2.69 bits per heavy atom. The van der Waals surface area contributed by atoms with Crippen molar-refractivity contribution in [3.8, 4) is 0 Å². The molecule has 3 aromatic rings. The molecule has 0 N–H and O–H groups in total. The number of rotatable bonds is 6. The van der Waals surface area contributed by atoms with E-state index in [4.69, 9.17) is 9.51 Å². The van der Waals surface area contributed by atoms with E-state index in [9.17, 15) is 4.79 Å². The third-order valence-electron chi connectivity index (χ3n) is 7.11. The minimum atomic E-state index is -0.144. The average Bonchev–Trinajstić information content (AvgIpc) is 3.51. The van der Waals surface area contributed by atoms with E-state index < -0.39 is 0 Å². The summed E-state index contributed by atoms with van der Waals surface area (Å²) in [5, 5.41) is 4.45. The van der Waals surface area contributed by atoms with Gasteiger partial charge in [0.15, 0.2) is 11.6 Å². The van der Waals surface area contributed by atoms with Gasteiger partial charge in [-0.2, -0.15) is 4.98 Å². The third kappa shape index (κ3) is 4.11. The molecule has 0 spiro atoms. The Morgan fingerprint density at radius 1 is 1.12 bits per heavy atom. The maximum atomic E-state index is 12.9. The first-order chi connectivity index (χ1) is 15.6. The highest BCUT2D eigenvalue weighted by atomic mass is 16.5. The summed E-state index contributed by atoms with van der Waals surface area (Å²) in [6.07, 6.45) is 8.04. The van der Waals surface area contributed by atoms with Crippen LogP contribution in [0.5, 0.6) is 0 Å². The van der Waals surface area contributed by atoms with E-state index in [1.807, 2.05) is 12.1 Å². The van der Waals surface area contributed by atoms with Gasteiger partial charge in [-0.15, -0.1) is 0 Å². The van der Waals surface area contributed by atoms with Gasteiger partial charge in [-0.05, 0) is 56.8 Å². The molecule has 6 nitrogen and oxygen atoms in total. The standard InChI is InChI=1S/C26H30N4O2/c1-19-9-11-21(12-10-19)26(13-3-4-14-26)25-28-23(32-29-25)18-30-16-6-7-20(17-30)24(31)22-8-2-5-15-27-22/h2,5,8-12,15,20H,3-4,6-7,13-14,16-18H2,1H3. The number of Topliss-reactive ketones (excluding diaryl/α,β-unsaturated/α-hetero) is 1. The number of carbonyl (C=O) groups excluding carboxylic acids is 1. The number of nitrogens with zero attached hydrogens (tertiary/aromatic N) is 4. The Labute approximate surface area is 189 Å². The highest BCUT2D eigenvalue weighted by molar-refractivity contribution is 5.96. The molecule has 1 aromatic carbocycles. The molecule has 2 aromatic heterocycles. The number of benzene rings is 1. The van der Waals surface area contributed by atoms with Gasteiger partial charge in [-0.25, -0.2) is 0 Å². The van der Waals surface area contributed by atoms with E-state index in [1.54, 1.807) is 12.3 Å². The molecule has 2 aliphatic rings. The van der Waals surface area contributed by atoms with Crippen LogP contribution in [0.2, 0.25) is 0 Å². The molecule has 1 unspecified atom stereocenters. The summed E-state index contributed by atoms with van der Waals surface area (Å²) in [6.45, 7) is 4.34. The molecule has 32 heavy (non-hydrogen) atoms. The predicted molar refractivity (Wildman–Crippen MR) is 121 cm³/mol. The number of pyridine rings is 1. The zero-order valence-electron chi connectivity index (χ0n) is 18.7. The van der Waals surface area contributed by atoms with Gasteiger partial charge in [0.2, 0.25) is 5.89 Å². The van der Waals surface area contributed by atoms with Crippen molar-refractivity contribution in [2.75, 3.05) is 13.1 Å². The number of piperidine rings is 1. The number of hydrogen-bond acceptors (Lipinski definition) is 6. The fourth-order valence-electron chi connectivity index (χ4n) is 5.33. The van der Waals surface area contributed by atoms with Crippen LogP contribution in [0.15, 0.2) is 53.2 Å². The van der Waals surface area contributed by atoms with Gasteiger partial charge in [-0.3, -0.25) is 14.7 Å². The normalized spacial score (nSPS) is 21.0. The lowest BCUT2D eigenvalue weighted by Gasteiger charge is -2.30. The Balaban J connectivity index is 1.30. The fraction of sp³-hybridized carbons (Fsp3) is 0.462. The van der Waals surface area contributed by atoms with Crippen molar-refractivity contribution in [3.05, 3.63) is 77.2 Å². The van der Waals surface area contributed by atoms with Gasteiger partial charge < -0.3 is 4.52 Å². The van der Waals surface area contributed by atoms with Gasteiger partial charge in [0.1, 0.15) is 5.69 Å². The monoisotopic (exact) mass is 430 g/mol. The average molecular weight is 431 g/mol. The summed E-state index contributed by atoms with van der Waals surface area (Å²) in [6, 6.07) is 14.3. The second-order valence-corrected chi connectivity index (χ2v) is 9.32. The van der Waals surface area contributed by atoms with Crippen molar-refractivity contribution in [1.29, 1.82) is 0 Å². The summed E-state index contributed by atoms with van der Waals surface area (Å²) in [7, 11) is 0. The van der Waals surface area contributed by atoms with E-state index in [2.05, 4.69) is 46.2 Å². The summed E-state index contributed by atoms with van der Waals surface area (Å²) >= 11 is 0. The zero-order valence-corrected chi connectivity index (χ0v) is 18.7. The van der Waals surface area contributed by atoms with Crippen molar-refractivity contribution in [1.82, 2.24) is 20.0 Å². The van der Waals surface area contributed by atoms with E-state index >= 15 is 0 Å².